The van der Waals surface area contributed by atoms with E-state index in [0.717, 1.165) is 13.1 Å². The molecule has 1 aromatic carbocycles. The third-order valence-corrected chi connectivity index (χ3v) is 3.90. The van der Waals surface area contributed by atoms with Crippen molar-refractivity contribution in [2.75, 3.05) is 26.2 Å². The molecule has 5 heteroatoms. The highest BCUT2D eigenvalue weighted by atomic mass is 16.5. The zero-order chi connectivity index (χ0) is 16.8. The van der Waals surface area contributed by atoms with Gasteiger partial charge in [0.05, 0.1) is 12.2 Å². The number of carbonyl (C=O) groups excluding carboxylic acids is 1. The molecule has 0 spiro atoms. The van der Waals surface area contributed by atoms with E-state index in [0.29, 0.717) is 24.3 Å². The summed E-state index contributed by atoms with van der Waals surface area (Å²) >= 11 is 0. The fraction of sp³-hybridized carbons (Fsp3) is 0.611. The molecule has 1 aliphatic rings. The number of morpholine rings is 1. The van der Waals surface area contributed by atoms with Crippen LogP contribution in [0.3, 0.4) is 0 Å². The van der Waals surface area contributed by atoms with Crippen LogP contribution in [-0.4, -0.2) is 60.3 Å². The summed E-state index contributed by atoms with van der Waals surface area (Å²) in [6.45, 7) is 8.40. The lowest BCUT2D eigenvalue weighted by Gasteiger charge is -2.36. The summed E-state index contributed by atoms with van der Waals surface area (Å²) in [5.41, 5.74) is 0.691. The smallest absolute Gasteiger partial charge is 0.162 e. The van der Waals surface area contributed by atoms with Crippen molar-refractivity contribution in [3.63, 3.8) is 0 Å². The number of ether oxygens (including phenoxy) is 2. The molecule has 0 saturated carbocycles. The summed E-state index contributed by atoms with van der Waals surface area (Å²) in [6.07, 6.45) is 0.324. The van der Waals surface area contributed by atoms with Crippen LogP contribution in [0.15, 0.2) is 24.3 Å². The molecule has 1 fully saturated rings. The van der Waals surface area contributed by atoms with E-state index < -0.39 is 6.10 Å². The standard InChI is InChI=1S/C18H27NO4/c1-4-18(21)15-5-7-17(8-6-15)22-12-16(20)11-19-9-13(2)23-14(3)10-19/h5-8,13-14,16,20H,4,9-12H2,1-3H3/t13-,14+,16-/m1/s1. The van der Waals surface area contributed by atoms with Gasteiger partial charge in [-0.25, -0.2) is 0 Å². The van der Waals surface area contributed by atoms with Crippen LogP contribution in [0.5, 0.6) is 5.75 Å². The second kappa shape index (κ2) is 8.43. The van der Waals surface area contributed by atoms with Gasteiger partial charge in [0.2, 0.25) is 0 Å². The molecule has 0 bridgehead atoms. The van der Waals surface area contributed by atoms with Gasteiger partial charge in [-0.3, -0.25) is 9.69 Å². The number of benzene rings is 1. The molecule has 1 aromatic rings. The zero-order valence-electron chi connectivity index (χ0n) is 14.2. The van der Waals surface area contributed by atoms with E-state index in [1.165, 1.54) is 0 Å². The third-order valence-electron chi connectivity index (χ3n) is 3.90. The summed E-state index contributed by atoms with van der Waals surface area (Å²) < 4.78 is 11.3. The Hall–Kier alpha value is -1.43. The molecule has 128 valence electrons. The maximum absolute atomic E-state index is 11.6. The number of hydrogen-bond donors (Lipinski definition) is 1. The molecule has 1 aliphatic heterocycles. The predicted octanol–water partition coefficient (Wildman–Crippen LogP) is 2.13. The van der Waals surface area contributed by atoms with E-state index in [-0.39, 0.29) is 24.6 Å². The summed E-state index contributed by atoms with van der Waals surface area (Å²) in [7, 11) is 0. The van der Waals surface area contributed by atoms with Crippen molar-refractivity contribution in [3.05, 3.63) is 29.8 Å². The van der Waals surface area contributed by atoms with Crippen LogP contribution < -0.4 is 4.74 Å². The first kappa shape index (κ1) is 17.9. The van der Waals surface area contributed by atoms with Crippen LogP contribution in [-0.2, 0) is 4.74 Å². The Morgan fingerprint density at radius 1 is 1.30 bits per heavy atom. The second-order valence-electron chi connectivity index (χ2n) is 6.24. The minimum absolute atomic E-state index is 0.118. The number of nitrogens with zero attached hydrogens (tertiary/aromatic N) is 1. The molecule has 1 N–H and O–H groups in total. The van der Waals surface area contributed by atoms with Crippen molar-refractivity contribution in [1.82, 2.24) is 4.90 Å². The molecule has 2 rings (SSSR count). The maximum atomic E-state index is 11.6. The normalized spacial score (nSPS) is 23.5. The number of hydrogen-bond acceptors (Lipinski definition) is 5. The lowest BCUT2D eigenvalue weighted by Crippen LogP contribution is -2.48. The van der Waals surface area contributed by atoms with Gasteiger partial charge in [-0.05, 0) is 38.1 Å². The molecule has 1 saturated heterocycles. The van der Waals surface area contributed by atoms with E-state index in [1.807, 2.05) is 20.8 Å². The van der Waals surface area contributed by atoms with Gasteiger partial charge >= 0.3 is 0 Å². The Kier molecular flexibility index (Phi) is 6.57. The Labute approximate surface area is 138 Å². The highest BCUT2D eigenvalue weighted by molar-refractivity contribution is 5.95. The van der Waals surface area contributed by atoms with E-state index in [4.69, 9.17) is 9.47 Å². The van der Waals surface area contributed by atoms with Crippen LogP contribution in [0.1, 0.15) is 37.6 Å². The van der Waals surface area contributed by atoms with E-state index in [1.54, 1.807) is 24.3 Å². The van der Waals surface area contributed by atoms with Gasteiger partial charge in [0.1, 0.15) is 18.5 Å². The molecule has 1 heterocycles. The first-order valence-corrected chi connectivity index (χ1v) is 8.29. The molecule has 0 aromatic heterocycles. The maximum Gasteiger partial charge on any atom is 0.162 e. The van der Waals surface area contributed by atoms with Gasteiger partial charge in [0.15, 0.2) is 5.78 Å². The monoisotopic (exact) mass is 321 g/mol. The van der Waals surface area contributed by atoms with Crippen LogP contribution in [0.25, 0.3) is 0 Å². The van der Waals surface area contributed by atoms with Crippen molar-refractivity contribution < 1.29 is 19.4 Å². The zero-order valence-corrected chi connectivity index (χ0v) is 14.2. The lowest BCUT2D eigenvalue weighted by molar-refractivity contribution is -0.0786. The van der Waals surface area contributed by atoms with Crippen molar-refractivity contribution in [2.24, 2.45) is 0 Å². The Balaban J connectivity index is 1.77. The summed E-state index contributed by atoms with van der Waals surface area (Å²) in [6, 6.07) is 7.07. The van der Waals surface area contributed by atoms with E-state index >= 15 is 0 Å². The van der Waals surface area contributed by atoms with Gasteiger partial charge in [0.25, 0.3) is 0 Å². The van der Waals surface area contributed by atoms with E-state index in [9.17, 15) is 9.90 Å². The van der Waals surface area contributed by atoms with Crippen LogP contribution in [0.4, 0.5) is 0 Å². The molecule has 3 atom stereocenters. The average Bonchev–Trinajstić information content (AvgIpc) is 2.51. The van der Waals surface area contributed by atoms with Gasteiger partial charge in [-0.1, -0.05) is 6.92 Å². The first-order chi connectivity index (χ1) is 11.0. The Bertz CT molecular complexity index is 492. The molecule has 0 aliphatic carbocycles. The summed E-state index contributed by atoms with van der Waals surface area (Å²) in [5.74, 6) is 0.785. The Morgan fingerprint density at radius 3 is 2.48 bits per heavy atom. The van der Waals surface area contributed by atoms with Gasteiger partial charge < -0.3 is 14.6 Å². The van der Waals surface area contributed by atoms with Crippen molar-refractivity contribution in [2.45, 2.75) is 45.5 Å². The minimum atomic E-state index is -0.551. The van der Waals surface area contributed by atoms with E-state index in [2.05, 4.69) is 4.90 Å². The van der Waals surface area contributed by atoms with Gasteiger partial charge in [0, 0.05) is 31.6 Å². The molecular formula is C18H27NO4. The fourth-order valence-electron chi connectivity index (χ4n) is 2.92. The topological polar surface area (TPSA) is 59.0 Å². The molecular weight excluding hydrogens is 294 g/mol. The molecule has 23 heavy (non-hydrogen) atoms. The number of aliphatic hydroxyl groups is 1. The largest absolute Gasteiger partial charge is 0.491 e. The average molecular weight is 321 g/mol. The molecule has 0 radical (unpaired) electrons. The number of ketones is 1. The first-order valence-electron chi connectivity index (χ1n) is 8.29. The fourth-order valence-corrected chi connectivity index (χ4v) is 2.92. The summed E-state index contributed by atoms with van der Waals surface area (Å²) in [5, 5.41) is 10.2. The van der Waals surface area contributed by atoms with Crippen LogP contribution in [0, 0.1) is 0 Å². The predicted molar refractivity (Wildman–Crippen MR) is 89.0 cm³/mol. The second-order valence-corrected chi connectivity index (χ2v) is 6.24. The highest BCUT2D eigenvalue weighted by Gasteiger charge is 2.23. The molecule has 5 nitrogen and oxygen atoms in total. The number of β-amino-alcohol motifs (C(OH)–C–C–N with tert-alkyl or cyclic N) is 1. The lowest BCUT2D eigenvalue weighted by atomic mass is 10.1. The SMILES string of the molecule is CCC(=O)c1ccc(OC[C@H](O)CN2C[C@@H](C)O[C@@H](C)C2)cc1. The molecule has 0 unspecified atom stereocenters. The quantitative estimate of drug-likeness (QED) is 0.780. The van der Waals surface area contributed by atoms with Crippen LogP contribution >= 0.6 is 0 Å². The Morgan fingerprint density at radius 2 is 1.91 bits per heavy atom. The van der Waals surface area contributed by atoms with Crippen molar-refractivity contribution in [3.8, 4) is 5.75 Å². The number of carbonyl (C=O) groups is 1. The minimum Gasteiger partial charge on any atom is -0.491 e. The molecule has 0 amide bonds. The van der Waals surface area contributed by atoms with Gasteiger partial charge in [-0.15, -0.1) is 0 Å². The number of Topliss-reactive ketones (excluding diaryl/α,β-unsaturated/α-hetero) is 1. The van der Waals surface area contributed by atoms with Crippen molar-refractivity contribution >= 4 is 5.78 Å². The van der Waals surface area contributed by atoms with Gasteiger partial charge in [-0.2, -0.15) is 0 Å². The third kappa shape index (κ3) is 5.61. The highest BCUT2D eigenvalue weighted by Crippen LogP contribution is 2.15. The van der Waals surface area contributed by atoms with Crippen LogP contribution in [0.2, 0.25) is 0 Å². The number of aliphatic hydroxyl groups excluding tert-OH is 1. The summed E-state index contributed by atoms with van der Waals surface area (Å²) in [4.78, 5) is 13.8. The van der Waals surface area contributed by atoms with Crippen molar-refractivity contribution in [1.29, 1.82) is 0 Å². The number of rotatable bonds is 7.